The van der Waals surface area contributed by atoms with Crippen LogP contribution in [-0.4, -0.2) is 57.9 Å². The Morgan fingerprint density at radius 3 is 2.88 bits per heavy atom. The summed E-state index contributed by atoms with van der Waals surface area (Å²) in [7, 11) is -1.80. The van der Waals surface area contributed by atoms with Gasteiger partial charge in [-0.15, -0.1) is 0 Å². The predicted octanol–water partition coefficient (Wildman–Crippen LogP) is 0.240. The van der Waals surface area contributed by atoms with E-state index in [1.807, 2.05) is 0 Å². The van der Waals surface area contributed by atoms with Gasteiger partial charge >= 0.3 is 6.03 Å². The highest BCUT2D eigenvalue weighted by Gasteiger charge is 2.39. The first-order valence-electron chi connectivity index (χ1n) is 7.58. The standard InChI is InChI=1S/C15H19FN2O5S/c1-22-14-8-24(20,21)7-12(14)18-15(19)17-11-5-9-4-10(16)2-3-13(9)23-6-11/h2-4,11-12,14H,5-8H2,1H3,(H2,17,18,19). The monoisotopic (exact) mass is 358 g/mol. The van der Waals surface area contributed by atoms with Crippen LogP contribution in [0.2, 0.25) is 0 Å². The number of hydrogen-bond acceptors (Lipinski definition) is 5. The van der Waals surface area contributed by atoms with E-state index in [4.69, 9.17) is 9.47 Å². The van der Waals surface area contributed by atoms with Crippen molar-refractivity contribution in [3.8, 4) is 5.75 Å². The van der Waals surface area contributed by atoms with Crippen molar-refractivity contribution in [1.29, 1.82) is 0 Å². The van der Waals surface area contributed by atoms with Crippen molar-refractivity contribution in [2.24, 2.45) is 0 Å². The SMILES string of the molecule is COC1CS(=O)(=O)CC1NC(=O)NC1COc2ccc(F)cc2C1. The number of amides is 2. The second-order valence-corrected chi connectivity index (χ2v) is 8.19. The third-order valence-electron chi connectivity index (χ3n) is 4.18. The van der Waals surface area contributed by atoms with Crippen molar-refractivity contribution in [2.45, 2.75) is 24.6 Å². The molecule has 2 aliphatic rings. The summed E-state index contributed by atoms with van der Waals surface area (Å²) in [4.78, 5) is 12.1. The number of carbonyl (C=O) groups is 1. The summed E-state index contributed by atoms with van der Waals surface area (Å²) in [5.74, 6) is -0.000329. The molecule has 1 aromatic rings. The van der Waals surface area contributed by atoms with Crippen molar-refractivity contribution < 1.29 is 27.1 Å². The first kappa shape index (κ1) is 17.0. The van der Waals surface area contributed by atoms with E-state index >= 15 is 0 Å². The number of urea groups is 1. The molecule has 0 spiro atoms. The zero-order valence-electron chi connectivity index (χ0n) is 13.1. The molecule has 0 aliphatic carbocycles. The minimum atomic E-state index is -3.21. The second kappa shape index (κ2) is 6.56. The van der Waals surface area contributed by atoms with Gasteiger partial charge in [0.2, 0.25) is 0 Å². The van der Waals surface area contributed by atoms with Crippen molar-refractivity contribution in [2.75, 3.05) is 25.2 Å². The van der Waals surface area contributed by atoms with Crippen LogP contribution >= 0.6 is 0 Å². The number of rotatable bonds is 3. The number of halogens is 1. The number of nitrogens with one attached hydrogen (secondary N) is 2. The van der Waals surface area contributed by atoms with Gasteiger partial charge in [0.25, 0.3) is 0 Å². The Kier molecular flexibility index (Phi) is 4.64. The summed E-state index contributed by atoms with van der Waals surface area (Å²) in [5.41, 5.74) is 0.685. The minimum absolute atomic E-state index is 0.104. The molecular weight excluding hydrogens is 339 g/mol. The summed E-state index contributed by atoms with van der Waals surface area (Å²) < 4.78 is 47.2. The van der Waals surface area contributed by atoms with Crippen molar-refractivity contribution in [3.63, 3.8) is 0 Å². The molecule has 3 atom stereocenters. The lowest BCUT2D eigenvalue weighted by atomic mass is 10.0. The Hall–Kier alpha value is -1.87. The molecule has 7 nitrogen and oxygen atoms in total. The van der Waals surface area contributed by atoms with Crippen LogP contribution in [0.25, 0.3) is 0 Å². The highest BCUT2D eigenvalue weighted by atomic mass is 32.2. The lowest BCUT2D eigenvalue weighted by molar-refractivity contribution is 0.101. The Morgan fingerprint density at radius 2 is 2.12 bits per heavy atom. The molecule has 0 aromatic heterocycles. The van der Waals surface area contributed by atoms with Gasteiger partial charge < -0.3 is 20.1 Å². The van der Waals surface area contributed by atoms with E-state index in [1.54, 1.807) is 6.07 Å². The smallest absolute Gasteiger partial charge is 0.315 e. The van der Waals surface area contributed by atoms with E-state index < -0.39 is 28.0 Å². The number of ether oxygens (including phenoxy) is 2. The molecule has 1 saturated heterocycles. The predicted molar refractivity (Wildman–Crippen MR) is 84.3 cm³/mol. The largest absolute Gasteiger partial charge is 0.491 e. The fraction of sp³-hybridized carbons (Fsp3) is 0.533. The maximum absolute atomic E-state index is 13.3. The van der Waals surface area contributed by atoms with Crippen LogP contribution in [0.1, 0.15) is 5.56 Å². The second-order valence-electron chi connectivity index (χ2n) is 6.04. The lowest BCUT2D eigenvalue weighted by Gasteiger charge is -2.27. The molecule has 3 rings (SSSR count). The van der Waals surface area contributed by atoms with E-state index in [2.05, 4.69) is 10.6 Å². The average molecular weight is 358 g/mol. The fourth-order valence-electron chi connectivity index (χ4n) is 3.03. The molecule has 2 heterocycles. The topological polar surface area (TPSA) is 93.7 Å². The van der Waals surface area contributed by atoms with Gasteiger partial charge in [-0.05, 0) is 30.2 Å². The normalized spacial score (nSPS) is 27.8. The summed E-state index contributed by atoms with van der Waals surface area (Å²) in [6.45, 7) is 0.267. The van der Waals surface area contributed by atoms with Crippen molar-refractivity contribution in [1.82, 2.24) is 10.6 Å². The van der Waals surface area contributed by atoms with E-state index in [0.29, 0.717) is 17.7 Å². The number of sulfone groups is 1. The number of benzene rings is 1. The molecule has 0 radical (unpaired) electrons. The molecule has 132 valence electrons. The highest BCUT2D eigenvalue weighted by Crippen LogP contribution is 2.25. The maximum atomic E-state index is 13.3. The van der Waals surface area contributed by atoms with Crippen LogP contribution in [0, 0.1) is 5.82 Å². The molecule has 2 N–H and O–H groups in total. The van der Waals surface area contributed by atoms with Gasteiger partial charge in [-0.1, -0.05) is 0 Å². The summed E-state index contributed by atoms with van der Waals surface area (Å²) in [5, 5.41) is 5.36. The molecule has 1 fully saturated rings. The van der Waals surface area contributed by atoms with Gasteiger partial charge in [-0.2, -0.15) is 0 Å². The van der Waals surface area contributed by atoms with Gasteiger partial charge in [0, 0.05) is 7.11 Å². The fourth-order valence-corrected chi connectivity index (χ4v) is 4.88. The van der Waals surface area contributed by atoms with Crippen LogP contribution in [0.3, 0.4) is 0 Å². The first-order chi connectivity index (χ1) is 11.4. The Morgan fingerprint density at radius 1 is 1.33 bits per heavy atom. The van der Waals surface area contributed by atoms with E-state index in [-0.39, 0.29) is 30.0 Å². The zero-order valence-corrected chi connectivity index (χ0v) is 13.9. The van der Waals surface area contributed by atoms with Gasteiger partial charge in [-0.25, -0.2) is 17.6 Å². The van der Waals surface area contributed by atoms with Crippen LogP contribution in [0.5, 0.6) is 5.75 Å². The van der Waals surface area contributed by atoms with Crippen LogP contribution in [0.4, 0.5) is 9.18 Å². The van der Waals surface area contributed by atoms with E-state index in [9.17, 15) is 17.6 Å². The highest BCUT2D eigenvalue weighted by molar-refractivity contribution is 7.91. The molecule has 2 aliphatic heterocycles. The third kappa shape index (κ3) is 3.78. The maximum Gasteiger partial charge on any atom is 0.315 e. The molecule has 2 amide bonds. The zero-order chi connectivity index (χ0) is 17.3. The van der Waals surface area contributed by atoms with Gasteiger partial charge in [0.05, 0.1) is 29.7 Å². The number of carbonyl (C=O) groups excluding carboxylic acids is 1. The Balaban J connectivity index is 1.58. The molecule has 0 saturated carbocycles. The average Bonchev–Trinajstić information content (AvgIpc) is 2.80. The van der Waals surface area contributed by atoms with Gasteiger partial charge in [0.1, 0.15) is 18.2 Å². The van der Waals surface area contributed by atoms with E-state index in [1.165, 1.54) is 19.2 Å². The van der Waals surface area contributed by atoms with Crippen LogP contribution < -0.4 is 15.4 Å². The molecular formula is C15H19FN2O5S. The van der Waals surface area contributed by atoms with Crippen LogP contribution in [0.15, 0.2) is 18.2 Å². The molecule has 0 bridgehead atoms. The number of hydrogen-bond donors (Lipinski definition) is 2. The number of fused-ring (bicyclic) bond motifs is 1. The minimum Gasteiger partial charge on any atom is -0.491 e. The quantitative estimate of drug-likeness (QED) is 0.807. The Bertz CT molecular complexity index is 739. The first-order valence-corrected chi connectivity index (χ1v) is 9.40. The lowest BCUT2D eigenvalue weighted by Crippen LogP contribution is -2.52. The summed E-state index contributed by atoms with van der Waals surface area (Å²) in [6, 6.07) is 2.87. The molecule has 24 heavy (non-hydrogen) atoms. The number of methoxy groups -OCH3 is 1. The van der Waals surface area contributed by atoms with E-state index in [0.717, 1.165) is 0 Å². The summed E-state index contributed by atoms with van der Waals surface area (Å²) in [6.07, 6.45) is -0.116. The molecule has 1 aromatic carbocycles. The Labute approximate surface area is 139 Å². The van der Waals surface area contributed by atoms with Gasteiger partial charge in [-0.3, -0.25) is 0 Å². The van der Waals surface area contributed by atoms with Crippen molar-refractivity contribution >= 4 is 15.9 Å². The molecule has 3 unspecified atom stereocenters. The molecule has 9 heteroatoms. The summed E-state index contributed by atoms with van der Waals surface area (Å²) >= 11 is 0. The van der Waals surface area contributed by atoms with Gasteiger partial charge in [0.15, 0.2) is 9.84 Å². The van der Waals surface area contributed by atoms with Crippen molar-refractivity contribution in [3.05, 3.63) is 29.6 Å². The van der Waals surface area contributed by atoms with Crippen LogP contribution in [-0.2, 0) is 21.0 Å². The third-order valence-corrected chi connectivity index (χ3v) is 5.89.